The van der Waals surface area contributed by atoms with Crippen LogP contribution in [0.4, 0.5) is 5.69 Å². The van der Waals surface area contributed by atoms with E-state index in [9.17, 15) is 9.90 Å². The van der Waals surface area contributed by atoms with Crippen molar-refractivity contribution in [3.8, 4) is 5.75 Å². The Kier molecular flexibility index (Phi) is 3.60. The van der Waals surface area contributed by atoms with Crippen LogP contribution in [0, 0.1) is 6.92 Å². The molecule has 0 saturated heterocycles. The number of aryl methyl sites for hydroxylation is 1. The van der Waals surface area contributed by atoms with Gasteiger partial charge in [-0.3, -0.25) is 4.79 Å². The predicted octanol–water partition coefficient (Wildman–Crippen LogP) is 3.34. The number of amides is 1. The number of nitrogens with one attached hydrogen (secondary N) is 1. The van der Waals surface area contributed by atoms with Gasteiger partial charge in [0.05, 0.1) is 5.69 Å². The molecule has 2 rings (SSSR count). The normalized spacial score (nSPS) is 10.7. The first kappa shape index (κ1) is 13.2. The van der Waals surface area contributed by atoms with Crippen LogP contribution in [0.2, 0.25) is 0 Å². The van der Waals surface area contributed by atoms with E-state index in [4.69, 9.17) is 0 Å². The van der Waals surface area contributed by atoms with Crippen LogP contribution in [-0.4, -0.2) is 15.6 Å². The average molecular weight is 258 g/mol. The smallest absolute Gasteiger partial charge is 0.272 e. The van der Waals surface area contributed by atoms with Crippen LogP contribution < -0.4 is 5.32 Å². The molecule has 0 bridgehead atoms. The number of carbonyl (C=O) groups excluding carboxylic acids is 1. The molecular formula is C15H18N2O2. The van der Waals surface area contributed by atoms with Crippen molar-refractivity contribution in [2.24, 2.45) is 0 Å². The second-order valence-corrected chi connectivity index (χ2v) is 4.87. The van der Waals surface area contributed by atoms with Crippen LogP contribution in [0.1, 0.15) is 35.9 Å². The zero-order chi connectivity index (χ0) is 14.0. The lowest BCUT2D eigenvalue weighted by Crippen LogP contribution is -2.17. The maximum absolute atomic E-state index is 12.2. The van der Waals surface area contributed by atoms with Crippen molar-refractivity contribution in [2.75, 3.05) is 5.32 Å². The first-order chi connectivity index (χ1) is 8.99. The minimum absolute atomic E-state index is 0.0796. The van der Waals surface area contributed by atoms with Gasteiger partial charge in [0.1, 0.15) is 11.4 Å². The van der Waals surface area contributed by atoms with E-state index >= 15 is 0 Å². The third kappa shape index (κ3) is 2.78. The maximum atomic E-state index is 12.2. The first-order valence-electron chi connectivity index (χ1n) is 6.27. The summed E-state index contributed by atoms with van der Waals surface area (Å²) in [5.41, 5.74) is 1.95. The fraction of sp³-hybridized carbons (Fsp3) is 0.267. The summed E-state index contributed by atoms with van der Waals surface area (Å²) in [6.07, 6.45) is 1.87. The van der Waals surface area contributed by atoms with Crippen molar-refractivity contribution in [3.63, 3.8) is 0 Å². The van der Waals surface area contributed by atoms with Crippen molar-refractivity contribution in [1.82, 2.24) is 4.57 Å². The summed E-state index contributed by atoms with van der Waals surface area (Å²) in [6, 6.07) is 8.98. The molecule has 0 unspecified atom stereocenters. The molecule has 2 N–H and O–H groups in total. The highest BCUT2D eigenvalue weighted by molar-refractivity contribution is 6.04. The molecule has 0 aliphatic heterocycles. The summed E-state index contributed by atoms with van der Waals surface area (Å²) in [5, 5.41) is 12.5. The molecule has 0 saturated carbocycles. The van der Waals surface area contributed by atoms with E-state index in [0.717, 1.165) is 5.56 Å². The van der Waals surface area contributed by atoms with Gasteiger partial charge in [-0.2, -0.15) is 0 Å². The Morgan fingerprint density at radius 3 is 2.68 bits per heavy atom. The number of aromatic hydroxyl groups is 1. The lowest BCUT2D eigenvalue weighted by atomic mass is 10.2. The zero-order valence-corrected chi connectivity index (χ0v) is 11.3. The van der Waals surface area contributed by atoms with Crippen LogP contribution >= 0.6 is 0 Å². The first-order valence-corrected chi connectivity index (χ1v) is 6.27. The fourth-order valence-corrected chi connectivity index (χ4v) is 1.97. The number of rotatable bonds is 3. The van der Waals surface area contributed by atoms with Gasteiger partial charge in [-0.15, -0.1) is 0 Å². The number of carbonyl (C=O) groups is 1. The molecule has 19 heavy (non-hydrogen) atoms. The minimum Gasteiger partial charge on any atom is -0.506 e. The molecule has 4 nitrogen and oxygen atoms in total. The van der Waals surface area contributed by atoms with Gasteiger partial charge >= 0.3 is 0 Å². The van der Waals surface area contributed by atoms with Crippen molar-refractivity contribution in [1.29, 1.82) is 0 Å². The maximum Gasteiger partial charge on any atom is 0.272 e. The van der Waals surface area contributed by atoms with Crippen molar-refractivity contribution < 1.29 is 9.90 Å². The van der Waals surface area contributed by atoms with Gasteiger partial charge in [0.2, 0.25) is 0 Å². The number of hydrogen-bond donors (Lipinski definition) is 2. The Hall–Kier alpha value is -2.23. The Morgan fingerprint density at radius 1 is 1.32 bits per heavy atom. The number of hydrogen-bond acceptors (Lipinski definition) is 2. The highest BCUT2D eigenvalue weighted by Gasteiger charge is 2.14. The second-order valence-electron chi connectivity index (χ2n) is 4.87. The van der Waals surface area contributed by atoms with E-state index in [1.54, 1.807) is 18.2 Å². The number of aromatic nitrogens is 1. The van der Waals surface area contributed by atoms with Gasteiger partial charge in [-0.25, -0.2) is 0 Å². The number of benzene rings is 1. The lowest BCUT2D eigenvalue weighted by Gasteiger charge is -2.13. The largest absolute Gasteiger partial charge is 0.506 e. The van der Waals surface area contributed by atoms with Gasteiger partial charge < -0.3 is 15.0 Å². The Balaban J connectivity index is 2.23. The molecule has 0 aliphatic rings. The van der Waals surface area contributed by atoms with E-state index in [1.165, 1.54) is 0 Å². The molecule has 0 atom stereocenters. The molecule has 4 heteroatoms. The molecule has 0 fully saturated rings. The summed E-state index contributed by atoms with van der Waals surface area (Å²) < 4.78 is 1.89. The monoisotopic (exact) mass is 258 g/mol. The number of phenolic OH excluding ortho intramolecular Hbond substituents is 1. The SMILES string of the molecule is Cc1ccc(NC(=O)c2cccn2C(C)C)c(O)c1. The molecule has 1 amide bonds. The van der Waals surface area contributed by atoms with Gasteiger partial charge in [0.25, 0.3) is 5.91 Å². The Morgan fingerprint density at radius 2 is 2.05 bits per heavy atom. The van der Waals surface area contributed by atoms with E-state index in [1.807, 2.05) is 43.7 Å². The fourth-order valence-electron chi connectivity index (χ4n) is 1.97. The van der Waals surface area contributed by atoms with Gasteiger partial charge in [-0.1, -0.05) is 6.07 Å². The average Bonchev–Trinajstić information content (AvgIpc) is 2.82. The van der Waals surface area contributed by atoms with Crippen molar-refractivity contribution in [2.45, 2.75) is 26.8 Å². The summed E-state index contributed by atoms with van der Waals surface area (Å²) in [5.74, 6) is -0.145. The van der Waals surface area contributed by atoms with E-state index in [-0.39, 0.29) is 17.7 Å². The molecule has 100 valence electrons. The molecular weight excluding hydrogens is 240 g/mol. The summed E-state index contributed by atoms with van der Waals surface area (Å²) in [4.78, 5) is 12.2. The molecule has 1 aromatic heterocycles. The van der Waals surface area contributed by atoms with Crippen molar-refractivity contribution >= 4 is 11.6 Å². The van der Waals surface area contributed by atoms with Crippen LogP contribution in [0.3, 0.4) is 0 Å². The highest BCUT2D eigenvalue weighted by atomic mass is 16.3. The number of phenols is 1. The van der Waals surface area contributed by atoms with E-state index < -0.39 is 0 Å². The molecule has 1 aromatic carbocycles. The zero-order valence-electron chi connectivity index (χ0n) is 11.3. The molecule has 2 aromatic rings. The highest BCUT2D eigenvalue weighted by Crippen LogP contribution is 2.24. The van der Waals surface area contributed by atoms with Crippen LogP contribution in [-0.2, 0) is 0 Å². The topological polar surface area (TPSA) is 54.3 Å². The molecule has 1 heterocycles. The van der Waals surface area contributed by atoms with Crippen LogP contribution in [0.15, 0.2) is 36.5 Å². The number of nitrogens with zero attached hydrogens (tertiary/aromatic N) is 1. The third-order valence-corrected chi connectivity index (χ3v) is 2.97. The third-order valence-electron chi connectivity index (χ3n) is 2.97. The summed E-state index contributed by atoms with van der Waals surface area (Å²) in [7, 11) is 0. The van der Waals surface area contributed by atoms with Crippen LogP contribution in [0.5, 0.6) is 5.75 Å². The van der Waals surface area contributed by atoms with Gasteiger partial charge in [0.15, 0.2) is 0 Å². The Bertz CT molecular complexity index is 600. The van der Waals surface area contributed by atoms with Crippen LogP contribution in [0.25, 0.3) is 0 Å². The number of anilines is 1. The predicted molar refractivity (Wildman–Crippen MR) is 75.6 cm³/mol. The quantitative estimate of drug-likeness (QED) is 0.830. The molecule has 0 aliphatic carbocycles. The van der Waals surface area contributed by atoms with Gasteiger partial charge in [-0.05, 0) is 50.6 Å². The standard InChI is InChI=1S/C15H18N2O2/c1-10(2)17-8-4-5-13(17)15(19)16-12-7-6-11(3)9-14(12)18/h4-10,18H,1-3H3,(H,16,19). The van der Waals surface area contributed by atoms with E-state index in [2.05, 4.69) is 5.32 Å². The molecule has 0 spiro atoms. The van der Waals surface area contributed by atoms with Gasteiger partial charge in [0, 0.05) is 12.2 Å². The Labute approximate surface area is 112 Å². The summed E-state index contributed by atoms with van der Waals surface area (Å²) >= 11 is 0. The van der Waals surface area contributed by atoms with E-state index in [0.29, 0.717) is 11.4 Å². The van der Waals surface area contributed by atoms with Crippen molar-refractivity contribution in [3.05, 3.63) is 47.8 Å². The second kappa shape index (κ2) is 5.18. The molecule has 0 radical (unpaired) electrons. The summed E-state index contributed by atoms with van der Waals surface area (Å²) in [6.45, 7) is 5.91. The minimum atomic E-state index is -0.224. The lowest BCUT2D eigenvalue weighted by molar-refractivity contribution is 0.101.